The molecule has 3 aliphatic rings. The molecule has 0 spiro atoms. The molecule has 1 aromatic carbocycles. The molecule has 1 saturated heterocycles. The summed E-state index contributed by atoms with van der Waals surface area (Å²) in [4.78, 5) is 12.8. The molecule has 3 fully saturated rings. The standard InChI is InChI=1S/C20H27NO5S/c1-19(2)15-8-9-20(19,18(22)12-15)27(23,24)21-10-11-25-17(13-21)14-26-16-6-4-3-5-7-16/h3-7,15,17H,8-14H2,1-2H3/t15-,17-,20+/m0/s1. The van der Waals surface area contributed by atoms with Gasteiger partial charge in [0.1, 0.15) is 23.2 Å². The monoisotopic (exact) mass is 393 g/mol. The molecular weight excluding hydrogens is 366 g/mol. The van der Waals surface area contributed by atoms with Crippen molar-refractivity contribution in [3.05, 3.63) is 30.3 Å². The van der Waals surface area contributed by atoms with Crippen LogP contribution in [0.25, 0.3) is 0 Å². The highest BCUT2D eigenvalue weighted by atomic mass is 32.2. The van der Waals surface area contributed by atoms with Crippen LogP contribution in [0.4, 0.5) is 0 Å². The topological polar surface area (TPSA) is 72.9 Å². The quantitative estimate of drug-likeness (QED) is 0.767. The van der Waals surface area contributed by atoms with Crippen molar-refractivity contribution < 1.29 is 22.7 Å². The van der Waals surface area contributed by atoms with Crippen molar-refractivity contribution in [3.63, 3.8) is 0 Å². The molecule has 2 aliphatic carbocycles. The van der Waals surface area contributed by atoms with Crippen molar-refractivity contribution in [2.24, 2.45) is 11.3 Å². The average molecular weight is 394 g/mol. The molecule has 7 heteroatoms. The van der Waals surface area contributed by atoms with Crippen LogP contribution in [-0.4, -0.2) is 55.7 Å². The van der Waals surface area contributed by atoms with E-state index in [-0.39, 0.29) is 31.0 Å². The number of benzene rings is 1. The van der Waals surface area contributed by atoms with E-state index in [0.29, 0.717) is 26.0 Å². The van der Waals surface area contributed by atoms with E-state index in [2.05, 4.69) is 0 Å². The molecule has 1 aliphatic heterocycles. The average Bonchev–Trinajstić information content (AvgIpc) is 3.04. The summed E-state index contributed by atoms with van der Waals surface area (Å²) in [5, 5.41) is 0. The van der Waals surface area contributed by atoms with Gasteiger partial charge in [-0.3, -0.25) is 4.79 Å². The molecule has 27 heavy (non-hydrogen) atoms. The number of sulfonamides is 1. The second-order valence-corrected chi connectivity index (χ2v) is 10.6. The third-order valence-corrected chi connectivity index (χ3v) is 9.70. The van der Waals surface area contributed by atoms with Gasteiger partial charge in [-0.25, -0.2) is 8.42 Å². The summed E-state index contributed by atoms with van der Waals surface area (Å²) >= 11 is 0. The zero-order valence-corrected chi connectivity index (χ0v) is 16.7. The molecule has 1 aromatic rings. The number of carbonyl (C=O) groups excluding carboxylic acids is 1. The Hall–Kier alpha value is -1.44. The van der Waals surface area contributed by atoms with Gasteiger partial charge in [-0.05, 0) is 36.3 Å². The first kappa shape index (κ1) is 18.9. The molecular formula is C20H27NO5S. The number of nitrogens with zero attached hydrogens (tertiary/aromatic N) is 1. The largest absolute Gasteiger partial charge is 0.491 e. The normalized spacial score (nSPS) is 33.3. The van der Waals surface area contributed by atoms with E-state index in [4.69, 9.17) is 9.47 Å². The number of hydrogen-bond donors (Lipinski definition) is 0. The van der Waals surface area contributed by atoms with Crippen LogP contribution in [0.5, 0.6) is 5.75 Å². The Morgan fingerprint density at radius 3 is 2.63 bits per heavy atom. The fraction of sp³-hybridized carbons (Fsp3) is 0.650. The minimum Gasteiger partial charge on any atom is -0.491 e. The smallest absolute Gasteiger partial charge is 0.227 e. The summed E-state index contributed by atoms with van der Waals surface area (Å²) in [5.74, 6) is 0.788. The van der Waals surface area contributed by atoms with E-state index >= 15 is 0 Å². The summed E-state index contributed by atoms with van der Waals surface area (Å²) in [5.41, 5.74) is -0.517. The van der Waals surface area contributed by atoms with Gasteiger partial charge in [0.05, 0.1) is 6.61 Å². The Balaban J connectivity index is 1.51. The lowest BCUT2D eigenvalue weighted by atomic mass is 9.81. The van der Waals surface area contributed by atoms with E-state index < -0.39 is 20.2 Å². The second kappa shape index (κ2) is 6.57. The maximum Gasteiger partial charge on any atom is 0.227 e. The van der Waals surface area contributed by atoms with Gasteiger partial charge in [0.25, 0.3) is 0 Å². The number of ketones is 1. The lowest BCUT2D eigenvalue weighted by Gasteiger charge is -2.42. The maximum absolute atomic E-state index is 13.6. The van der Waals surface area contributed by atoms with Crippen molar-refractivity contribution >= 4 is 15.8 Å². The molecule has 3 atom stereocenters. The third kappa shape index (κ3) is 2.74. The number of morpholine rings is 1. The zero-order valence-electron chi connectivity index (χ0n) is 15.9. The van der Waals surface area contributed by atoms with E-state index in [0.717, 1.165) is 12.2 Å². The molecule has 0 N–H and O–H groups in total. The molecule has 1 heterocycles. The van der Waals surface area contributed by atoms with E-state index in [1.807, 2.05) is 44.2 Å². The van der Waals surface area contributed by atoms with E-state index in [1.54, 1.807) is 0 Å². The van der Waals surface area contributed by atoms with E-state index in [1.165, 1.54) is 4.31 Å². The van der Waals surface area contributed by atoms with E-state index in [9.17, 15) is 13.2 Å². The molecule has 0 unspecified atom stereocenters. The minimum atomic E-state index is -3.76. The first-order valence-corrected chi connectivity index (χ1v) is 11.1. The molecule has 0 radical (unpaired) electrons. The predicted octanol–water partition coefficient (Wildman–Crippen LogP) is 2.24. The number of Topliss-reactive ketones (excluding diaryl/α,β-unsaturated/α-hetero) is 1. The number of carbonyl (C=O) groups is 1. The summed E-state index contributed by atoms with van der Waals surface area (Å²) in [6.45, 7) is 5.01. The molecule has 6 nitrogen and oxygen atoms in total. The second-order valence-electron chi connectivity index (χ2n) is 8.39. The highest BCUT2D eigenvalue weighted by molar-refractivity contribution is 7.91. The first-order chi connectivity index (χ1) is 12.8. The zero-order chi connectivity index (χ0) is 19.3. The molecule has 4 rings (SSSR count). The van der Waals surface area contributed by atoms with Gasteiger partial charge < -0.3 is 9.47 Å². The van der Waals surface area contributed by atoms with Crippen LogP contribution < -0.4 is 4.74 Å². The Morgan fingerprint density at radius 1 is 1.26 bits per heavy atom. The number of fused-ring (bicyclic) bond motifs is 2. The van der Waals surface area contributed by atoms with Crippen LogP contribution in [0.3, 0.4) is 0 Å². The van der Waals surface area contributed by atoms with Crippen LogP contribution in [0.2, 0.25) is 0 Å². The van der Waals surface area contributed by atoms with Gasteiger partial charge in [-0.15, -0.1) is 0 Å². The number of rotatable bonds is 5. The Bertz CT molecular complexity index is 822. The van der Waals surface area contributed by atoms with Crippen LogP contribution in [0, 0.1) is 11.3 Å². The van der Waals surface area contributed by atoms with Crippen LogP contribution in [0.1, 0.15) is 33.1 Å². The third-order valence-electron chi connectivity index (χ3n) is 6.85. The summed E-state index contributed by atoms with van der Waals surface area (Å²) in [6, 6.07) is 9.39. The Kier molecular flexibility index (Phi) is 4.60. The summed E-state index contributed by atoms with van der Waals surface area (Å²) in [7, 11) is -3.76. The SMILES string of the molecule is CC1(C)[C@H]2CC[C@@]1(S(=O)(=O)N1CCO[C@H](COc3ccccc3)C1)C(=O)C2. The van der Waals surface area contributed by atoms with Gasteiger partial charge >= 0.3 is 0 Å². The molecule has 0 amide bonds. The van der Waals surface area contributed by atoms with Crippen molar-refractivity contribution in [2.75, 3.05) is 26.3 Å². The molecule has 2 saturated carbocycles. The minimum absolute atomic E-state index is 0.104. The lowest BCUT2D eigenvalue weighted by Crippen LogP contribution is -2.60. The highest BCUT2D eigenvalue weighted by Crippen LogP contribution is 2.62. The maximum atomic E-state index is 13.6. The fourth-order valence-electron chi connectivity index (χ4n) is 5.18. The predicted molar refractivity (Wildman–Crippen MR) is 101 cm³/mol. The number of hydrogen-bond acceptors (Lipinski definition) is 5. The van der Waals surface area contributed by atoms with Gasteiger partial charge in [-0.2, -0.15) is 4.31 Å². The molecule has 0 aromatic heterocycles. The number of para-hydroxylation sites is 1. The van der Waals surface area contributed by atoms with Crippen molar-refractivity contribution in [2.45, 2.75) is 44.0 Å². The highest BCUT2D eigenvalue weighted by Gasteiger charge is 2.72. The lowest BCUT2D eigenvalue weighted by molar-refractivity contribution is -0.121. The molecule has 148 valence electrons. The Labute approximate surface area is 160 Å². The first-order valence-electron chi connectivity index (χ1n) is 9.61. The van der Waals surface area contributed by atoms with Crippen LogP contribution in [0.15, 0.2) is 30.3 Å². The van der Waals surface area contributed by atoms with Gasteiger partial charge in [0, 0.05) is 19.5 Å². The van der Waals surface area contributed by atoms with Gasteiger partial charge in [0.2, 0.25) is 10.0 Å². The van der Waals surface area contributed by atoms with Gasteiger partial charge in [-0.1, -0.05) is 32.0 Å². The fourth-order valence-corrected chi connectivity index (χ4v) is 7.87. The van der Waals surface area contributed by atoms with Crippen LogP contribution in [-0.2, 0) is 19.6 Å². The van der Waals surface area contributed by atoms with Crippen molar-refractivity contribution in [1.29, 1.82) is 0 Å². The summed E-state index contributed by atoms with van der Waals surface area (Å²) < 4.78 is 38.9. The van der Waals surface area contributed by atoms with Crippen LogP contribution >= 0.6 is 0 Å². The number of ether oxygens (including phenoxy) is 2. The van der Waals surface area contributed by atoms with Gasteiger partial charge in [0.15, 0.2) is 5.78 Å². The molecule has 2 bridgehead atoms. The van der Waals surface area contributed by atoms with Crippen molar-refractivity contribution in [3.8, 4) is 5.75 Å². The Morgan fingerprint density at radius 2 is 2.00 bits per heavy atom. The summed E-state index contributed by atoms with van der Waals surface area (Å²) in [6.07, 6.45) is 1.29. The van der Waals surface area contributed by atoms with Crippen molar-refractivity contribution in [1.82, 2.24) is 4.31 Å².